The summed E-state index contributed by atoms with van der Waals surface area (Å²) in [6.45, 7) is 7.85. The van der Waals surface area contributed by atoms with Crippen molar-refractivity contribution in [1.82, 2.24) is 19.8 Å². The van der Waals surface area contributed by atoms with E-state index in [1.165, 1.54) is 59.6 Å². The van der Waals surface area contributed by atoms with Gasteiger partial charge >= 0.3 is 15.6 Å². The number of hydrogen-bond donors (Lipinski definition) is 0. The second-order valence-corrected chi connectivity index (χ2v) is 29.3. The summed E-state index contributed by atoms with van der Waals surface area (Å²) in [7, 11) is -7.49. The van der Waals surface area contributed by atoms with Gasteiger partial charge in [-0.2, -0.15) is 21.6 Å². The topological polar surface area (TPSA) is 137 Å². The largest absolute Gasteiger partial charge is 0.534 e. The van der Waals surface area contributed by atoms with E-state index in [0.29, 0.717) is 59.0 Å². The van der Waals surface area contributed by atoms with Crippen LogP contribution in [0.1, 0.15) is 84.9 Å². The fourth-order valence-electron chi connectivity index (χ4n) is 10.6. The lowest BCUT2D eigenvalue weighted by molar-refractivity contribution is -0.0500. The van der Waals surface area contributed by atoms with E-state index in [1.807, 2.05) is 133 Å². The van der Waals surface area contributed by atoms with Gasteiger partial charge in [0, 0.05) is 55.5 Å². The van der Waals surface area contributed by atoms with Gasteiger partial charge in [-0.3, -0.25) is 19.6 Å². The molecule has 0 unspecified atom stereocenters. The molecule has 0 saturated heterocycles. The van der Waals surface area contributed by atoms with E-state index in [2.05, 4.69) is 24.6 Å². The first-order valence-electron chi connectivity index (χ1n) is 27.9. The summed E-state index contributed by atoms with van der Waals surface area (Å²) in [6.07, 6.45) is 1.83. The van der Waals surface area contributed by atoms with E-state index in [9.17, 15) is 40.0 Å². The zero-order chi connectivity index (χ0) is 61.0. The van der Waals surface area contributed by atoms with Gasteiger partial charge < -0.3 is 28.2 Å². The predicted molar refractivity (Wildman–Crippen MR) is 330 cm³/mol. The predicted octanol–water partition coefficient (Wildman–Crippen LogP) is 16.0. The number of fused-ring (bicyclic) bond motifs is 4. The van der Waals surface area contributed by atoms with Crippen molar-refractivity contribution in [2.24, 2.45) is 0 Å². The first-order valence-corrected chi connectivity index (χ1v) is 33.0. The Kier molecular flexibility index (Phi) is 18.1. The molecular formula is C69H61F5N4O8SSi. The zero-order valence-corrected chi connectivity index (χ0v) is 49.2. The number of rotatable bonds is 18. The van der Waals surface area contributed by atoms with E-state index < -0.39 is 53.4 Å². The third-order valence-electron chi connectivity index (χ3n) is 14.9. The quantitative estimate of drug-likeness (QED) is 0.0353. The molecule has 0 spiro atoms. The third-order valence-corrected chi connectivity index (χ3v) is 17.5. The summed E-state index contributed by atoms with van der Waals surface area (Å²) in [5.41, 5.74) is 0.544. The number of hydrogen-bond acceptors (Lipinski definition) is 10. The van der Waals surface area contributed by atoms with Crippen molar-refractivity contribution in [3.8, 4) is 23.0 Å². The molecule has 450 valence electrons. The van der Waals surface area contributed by atoms with E-state index in [0.717, 1.165) is 33.7 Å². The van der Waals surface area contributed by atoms with Crippen LogP contribution in [0.5, 0.6) is 23.0 Å². The fraction of sp³-hybridized carbons (Fsp3) is 0.188. The molecule has 10 aromatic rings. The van der Waals surface area contributed by atoms with Gasteiger partial charge in [0.2, 0.25) is 0 Å². The molecule has 0 bridgehead atoms. The molecule has 2 aromatic heterocycles. The van der Waals surface area contributed by atoms with Crippen molar-refractivity contribution in [2.45, 2.75) is 77.0 Å². The van der Waals surface area contributed by atoms with Crippen molar-refractivity contribution < 1.29 is 58.4 Å². The standard InChI is InChI=1S/C36H35FN2O3Si.C32H22F4N2O5S.CH4/c1-43(2,3)22-21-41-34-29-15-10-20-38-32(29)35(42-33(26-11-6-4-7-12-26)27-13-8-5-9-14-27)31-30(34)24-39(36(31)40)23-25-16-18-28(37)19-17-25;33-23-15-13-20(14-16-23)18-38-19-25-26(31(38)39)30(42-28(21-8-3-1-4-9-21)22-10-5-2-6-11-22)27-24(12-7-17-37-27)29(25)43-44(40,41)32(34,35)36;/h4-20,33H,21-24H2,1-3H3;1-17,28H,18-19H2;1H4. The number of ether oxygens (including phenoxy) is 3. The van der Waals surface area contributed by atoms with E-state index in [1.54, 1.807) is 23.2 Å². The molecule has 12 nitrogen and oxygen atoms in total. The highest BCUT2D eigenvalue weighted by atomic mass is 32.2. The van der Waals surface area contributed by atoms with Gasteiger partial charge in [-0.05, 0) is 88.0 Å². The second-order valence-electron chi connectivity index (χ2n) is 22.2. The number of benzene rings is 8. The Hall–Kier alpha value is -9.46. The molecule has 0 saturated carbocycles. The monoisotopic (exact) mass is 1230 g/mol. The number of alkyl halides is 3. The Morgan fingerprint density at radius 1 is 0.511 bits per heavy atom. The maximum absolute atomic E-state index is 14.3. The highest BCUT2D eigenvalue weighted by Crippen LogP contribution is 2.49. The number of aromatic nitrogens is 2. The van der Waals surface area contributed by atoms with Crippen LogP contribution in [0, 0.1) is 11.6 Å². The van der Waals surface area contributed by atoms with Crippen LogP contribution in [-0.2, 0) is 36.3 Å². The number of nitrogens with zero attached hydrogens (tertiary/aromatic N) is 4. The number of pyridine rings is 2. The molecule has 0 radical (unpaired) electrons. The molecule has 88 heavy (non-hydrogen) atoms. The van der Waals surface area contributed by atoms with Gasteiger partial charge in [0.15, 0.2) is 17.2 Å². The molecule has 0 fully saturated rings. The van der Waals surface area contributed by atoms with Gasteiger partial charge in [-0.15, -0.1) is 0 Å². The van der Waals surface area contributed by atoms with Crippen LogP contribution in [-0.4, -0.2) is 60.2 Å². The van der Waals surface area contributed by atoms with Crippen LogP contribution in [0.4, 0.5) is 22.0 Å². The van der Waals surface area contributed by atoms with Gasteiger partial charge in [0.05, 0.1) is 30.8 Å². The van der Waals surface area contributed by atoms with Crippen molar-refractivity contribution in [3.63, 3.8) is 0 Å². The lowest BCUT2D eigenvalue weighted by Crippen LogP contribution is -2.28. The van der Waals surface area contributed by atoms with E-state index in [-0.39, 0.29) is 60.0 Å². The average molecular weight is 1230 g/mol. The van der Waals surface area contributed by atoms with E-state index >= 15 is 0 Å². The van der Waals surface area contributed by atoms with Crippen molar-refractivity contribution in [2.75, 3.05) is 6.61 Å². The van der Waals surface area contributed by atoms with E-state index in [4.69, 9.17) is 23.4 Å². The molecular weight excluding hydrogens is 1170 g/mol. The van der Waals surface area contributed by atoms with Crippen LogP contribution in [0.25, 0.3) is 21.8 Å². The molecule has 4 heterocycles. The summed E-state index contributed by atoms with van der Waals surface area (Å²) in [5, 5.41) is 0.730. The van der Waals surface area contributed by atoms with Crippen LogP contribution < -0.4 is 18.4 Å². The summed E-state index contributed by atoms with van der Waals surface area (Å²) >= 11 is 0. The van der Waals surface area contributed by atoms with Crippen molar-refractivity contribution in [1.29, 1.82) is 0 Å². The number of halogens is 5. The highest BCUT2D eigenvalue weighted by molar-refractivity contribution is 7.88. The summed E-state index contributed by atoms with van der Waals surface area (Å²) in [6, 6.07) is 57.5. The number of amides is 2. The Bertz CT molecular complexity index is 4170. The molecule has 12 rings (SSSR count). The lowest BCUT2D eigenvalue weighted by atomic mass is 9.99. The number of carbonyl (C=O) groups is 2. The molecule has 2 amide bonds. The smallest absolute Gasteiger partial charge is 0.493 e. The minimum Gasteiger partial charge on any atom is -0.493 e. The minimum atomic E-state index is -6.12. The van der Waals surface area contributed by atoms with Crippen LogP contribution in [0.3, 0.4) is 0 Å². The molecule has 8 aromatic carbocycles. The summed E-state index contributed by atoms with van der Waals surface area (Å²) in [5.74, 6) is -1.17. The van der Waals surface area contributed by atoms with Crippen molar-refractivity contribution >= 4 is 51.8 Å². The maximum Gasteiger partial charge on any atom is 0.534 e. The maximum atomic E-state index is 14.3. The Morgan fingerprint density at radius 3 is 1.24 bits per heavy atom. The third kappa shape index (κ3) is 13.3. The Labute approximate surface area is 507 Å². The lowest BCUT2D eigenvalue weighted by Gasteiger charge is -2.24. The normalized spacial score (nSPS) is 13.1. The SMILES string of the molecule is C.C[Si](C)(C)CCOc1c2c(c(OC(c3ccccc3)c3ccccc3)c3ncccc13)C(=O)N(Cc1ccc(F)cc1)C2.O=C1c2c(c(OS(=O)(=O)C(F)(F)F)c3cccnc3c2OC(c2ccccc2)c2ccccc2)CN1Cc1ccc(F)cc1. The molecule has 2 aliphatic heterocycles. The average Bonchev–Trinajstić information content (AvgIpc) is 1.51. The zero-order valence-electron chi connectivity index (χ0n) is 47.4. The highest BCUT2D eigenvalue weighted by Gasteiger charge is 2.50. The van der Waals surface area contributed by atoms with Crippen molar-refractivity contribution in [3.05, 3.63) is 274 Å². The molecule has 19 heteroatoms. The number of carbonyl (C=O) groups excluding carboxylic acids is 2. The Balaban J connectivity index is 0.000000192. The molecule has 0 N–H and O–H groups in total. The van der Waals surface area contributed by atoms with Gasteiger partial charge in [-0.25, -0.2) is 8.78 Å². The molecule has 2 aliphatic rings. The second kappa shape index (κ2) is 25.9. The minimum absolute atomic E-state index is 0. The molecule has 0 aliphatic carbocycles. The first kappa shape index (κ1) is 61.6. The van der Waals surface area contributed by atoms with Crippen LogP contribution >= 0.6 is 0 Å². The molecule has 0 atom stereocenters. The Morgan fingerprint density at radius 2 is 0.875 bits per heavy atom. The summed E-state index contributed by atoms with van der Waals surface area (Å²) in [4.78, 5) is 40.4. The van der Waals surface area contributed by atoms with Gasteiger partial charge in [0.25, 0.3) is 11.8 Å². The van der Waals surface area contributed by atoms with Gasteiger partial charge in [-0.1, -0.05) is 173 Å². The van der Waals surface area contributed by atoms with Gasteiger partial charge in [0.1, 0.15) is 40.6 Å². The summed E-state index contributed by atoms with van der Waals surface area (Å²) < 4.78 is 117. The fourth-order valence-corrected chi connectivity index (χ4v) is 11.8. The van der Waals surface area contributed by atoms with Crippen LogP contribution in [0.15, 0.2) is 207 Å². The van der Waals surface area contributed by atoms with Crippen LogP contribution in [0.2, 0.25) is 25.7 Å². The first-order chi connectivity index (χ1) is 41.8.